The Morgan fingerprint density at radius 1 is 0.697 bits per heavy atom. The van der Waals surface area contributed by atoms with Crippen LogP contribution >= 0.6 is 11.5 Å². The lowest BCUT2D eigenvalue weighted by Gasteiger charge is -2.38. The number of benzene rings is 3. The number of carbonyl (C=O) groups is 7. The van der Waals surface area contributed by atoms with Gasteiger partial charge in [0.1, 0.15) is 42.3 Å². The lowest BCUT2D eigenvalue weighted by Crippen LogP contribution is -2.61. The molecule has 1 saturated heterocycles. The number of carbonyl (C=O) groups excluding carboxylic acids is 7. The van der Waals surface area contributed by atoms with E-state index in [1.54, 1.807) is 0 Å². The van der Waals surface area contributed by atoms with Gasteiger partial charge in [0.2, 0.25) is 41.4 Å². The van der Waals surface area contributed by atoms with Gasteiger partial charge in [0.15, 0.2) is 0 Å². The minimum absolute atomic E-state index is 0.00556. The maximum atomic E-state index is 15.6. The van der Waals surface area contributed by atoms with Gasteiger partial charge in [-0.3, -0.25) is 33.6 Å². The summed E-state index contributed by atoms with van der Waals surface area (Å²) in [4.78, 5) is 109. The van der Waals surface area contributed by atoms with Crippen molar-refractivity contribution in [3.8, 4) is 0 Å². The molecule has 4 heterocycles. The van der Waals surface area contributed by atoms with Crippen molar-refractivity contribution in [2.75, 3.05) is 20.6 Å². The molecule has 1 fully saturated rings. The first kappa shape index (κ1) is 56.6. The van der Waals surface area contributed by atoms with Gasteiger partial charge in [-0.1, -0.05) is 107 Å². The number of rotatable bonds is 12. The normalized spacial score (nSPS) is 23.7. The van der Waals surface area contributed by atoms with Crippen molar-refractivity contribution in [3.05, 3.63) is 126 Å². The summed E-state index contributed by atoms with van der Waals surface area (Å²) in [7, 11) is 3.04. The molecule has 16 nitrogen and oxygen atoms in total. The van der Waals surface area contributed by atoms with Crippen molar-refractivity contribution < 1.29 is 33.6 Å². The predicted molar refractivity (Wildman–Crippen MR) is 298 cm³/mol. The number of allylic oxidation sites excluding steroid dienone is 1. The third-order valence-corrected chi connectivity index (χ3v) is 15.4. The summed E-state index contributed by atoms with van der Waals surface area (Å²) in [6.07, 6.45) is 8.62. The number of amides is 7. The topological polar surface area (TPSA) is 195 Å². The number of nitrogens with zero attached hydrogens (tertiary/aromatic N) is 5. The Hall–Kier alpha value is -7.14. The molecule has 7 rings (SSSR count). The van der Waals surface area contributed by atoms with Crippen LogP contribution < -0.4 is 21.3 Å². The molecule has 3 aromatic carbocycles. The first-order chi connectivity index (χ1) is 36.2. The van der Waals surface area contributed by atoms with Gasteiger partial charge in [-0.05, 0) is 98.6 Å². The quantitative estimate of drug-likeness (QED) is 0.102. The second kappa shape index (κ2) is 24.7. The van der Waals surface area contributed by atoms with E-state index in [1.165, 1.54) is 47.3 Å². The van der Waals surface area contributed by atoms with E-state index in [1.807, 2.05) is 144 Å². The molecule has 17 heteroatoms. The highest BCUT2D eigenvalue weighted by atomic mass is 32.1. The van der Waals surface area contributed by atoms with Crippen LogP contribution in [0.4, 0.5) is 0 Å². The standard InChI is InChI=1S/C59H75N9O7S/c1-11-59(7,8)68-34-42(43-22-17-18-23-48(43)68)33-47-57(74)66(10)50(28-36(2)3)54(71)61-46(32-40-25-26-41-35-76-64-44(41)31-40)52(69)60-38(6)56(73)65(9)49-24-16-13-19-27-67(58(49)75)51(29-37(4)5)55(72)62-45(53(70)63-47)30-39-20-14-12-15-21-39/h11-18,20-23,25-26,31,34-38,45-47,49-51H,1,19,24,27-30,32-33H2,2-10H3,(H,60,69)(H,61,71)(H,62,72)(H,63,70)/b16-13-/t38-,45-,46?,47-,49-,50-,51-/m0/s1. The van der Waals surface area contributed by atoms with Gasteiger partial charge in [0.05, 0.1) is 11.1 Å². The van der Waals surface area contributed by atoms with E-state index in [9.17, 15) is 14.4 Å². The molecule has 2 aliphatic heterocycles. The van der Waals surface area contributed by atoms with Crippen molar-refractivity contribution in [3.63, 3.8) is 0 Å². The van der Waals surface area contributed by atoms with Crippen molar-refractivity contribution in [2.45, 2.75) is 141 Å². The van der Waals surface area contributed by atoms with E-state index in [0.29, 0.717) is 12.0 Å². The molecule has 0 radical (unpaired) electrons. The van der Waals surface area contributed by atoms with E-state index >= 15 is 19.2 Å². The first-order valence-corrected chi connectivity index (χ1v) is 27.3. The Balaban J connectivity index is 1.37. The van der Waals surface area contributed by atoms with E-state index < -0.39 is 89.2 Å². The van der Waals surface area contributed by atoms with Crippen LogP contribution in [0.3, 0.4) is 0 Å². The van der Waals surface area contributed by atoms with Crippen LogP contribution in [0.5, 0.6) is 0 Å². The van der Waals surface area contributed by atoms with Gasteiger partial charge in [-0.2, -0.15) is 4.37 Å². The molecule has 5 aromatic rings. The lowest BCUT2D eigenvalue weighted by molar-refractivity contribution is -0.150. The van der Waals surface area contributed by atoms with Crippen LogP contribution in [-0.4, -0.2) is 128 Å². The Labute approximate surface area is 450 Å². The van der Waals surface area contributed by atoms with Crippen molar-refractivity contribution in [1.82, 2.24) is 44.9 Å². The number of aromatic nitrogens is 2. The molecule has 1 unspecified atom stereocenters. The van der Waals surface area contributed by atoms with Gasteiger partial charge in [-0.15, -0.1) is 6.58 Å². The zero-order valence-electron chi connectivity index (χ0n) is 45.4. The Bertz CT molecular complexity index is 2960. The summed E-state index contributed by atoms with van der Waals surface area (Å²) in [5.41, 5.74) is 3.24. The summed E-state index contributed by atoms with van der Waals surface area (Å²) in [5, 5.41) is 15.6. The SMILES string of the molecule is C=CC(C)(C)n1cc(C[C@@H]2NC(=O)[C@H](Cc3ccccc3)NC(=O)[C@H](CC(C)C)N3CC/C=C\C[C@@H](C3=O)N(C)C(=O)[C@H](C)NC(=O)C(Cc3ccc4csnc4c3)NC(=O)[C@H](CC(C)C)N(C)C2=O)c2ccccc21. The van der Waals surface area contributed by atoms with Crippen LogP contribution in [0, 0.1) is 11.8 Å². The maximum absolute atomic E-state index is 15.6. The van der Waals surface area contributed by atoms with Crippen molar-refractivity contribution in [1.29, 1.82) is 0 Å². The highest BCUT2D eigenvalue weighted by Crippen LogP contribution is 2.30. The molecule has 0 aliphatic carbocycles. The first-order valence-electron chi connectivity index (χ1n) is 26.5. The summed E-state index contributed by atoms with van der Waals surface area (Å²) in [5.74, 6) is -4.28. The third kappa shape index (κ3) is 13.3. The molecule has 2 aliphatic rings. The second-order valence-corrected chi connectivity index (χ2v) is 22.5. The van der Waals surface area contributed by atoms with E-state index in [-0.39, 0.29) is 56.9 Å². The molecule has 7 atom stereocenters. The van der Waals surface area contributed by atoms with E-state index in [0.717, 1.165) is 32.9 Å². The molecule has 7 amide bonds. The smallest absolute Gasteiger partial charge is 0.246 e. The van der Waals surface area contributed by atoms with Crippen LogP contribution in [0.2, 0.25) is 0 Å². The number of para-hydroxylation sites is 1. The van der Waals surface area contributed by atoms with Gasteiger partial charge in [-0.25, -0.2) is 0 Å². The highest BCUT2D eigenvalue weighted by Gasteiger charge is 2.41. The van der Waals surface area contributed by atoms with E-state index in [4.69, 9.17) is 0 Å². The Morgan fingerprint density at radius 2 is 1.32 bits per heavy atom. The predicted octanol–water partition coefficient (Wildman–Crippen LogP) is 6.47. The lowest BCUT2D eigenvalue weighted by atomic mass is 9.97. The minimum Gasteiger partial charge on any atom is -0.343 e. The zero-order chi connectivity index (χ0) is 55.0. The molecule has 2 bridgehead atoms. The van der Waals surface area contributed by atoms with Crippen LogP contribution in [0.1, 0.15) is 90.8 Å². The third-order valence-electron chi connectivity index (χ3n) is 14.7. The summed E-state index contributed by atoms with van der Waals surface area (Å²) in [6.45, 7) is 17.6. The number of hydrogen-bond acceptors (Lipinski definition) is 9. The summed E-state index contributed by atoms with van der Waals surface area (Å²) in [6, 6.07) is 14.5. The van der Waals surface area contributed by atoms with Gasteiger partial charge in [0, 0.05) is 67.8 Å². The van der Waals surface area contributed by atoms with Crippen LogP contribution in [-0.2, 0) is 58.4 Å². The fraction of sp³-hybridized carbons (Fsp3) is 0.458. The zero-order valence-corrected chi connectivity index (χ0v) is 46.2. The Morgan fingerprint density at radius 3 is 2.00 bits per heavy atom. The number of hydrogen-bond donors (Lipinski definition) is 4. The fourth-order valence-corrected chi connectivity index (χ4v) is 10.9. The largest absolute Gasteiger partial charge is 0.343 e. The monoisotopic (exact) mass is 1050 g/mol. The molecule has 0 saturated carbocycles. The number of fused-ring (bicyclic) bond motifs is 4. The molecular formula is C59H75N9O7S. The van der Waals surface area contributed by atoms with Crippen molar-refractivity contribution >= 4 is 74.7 Å². The summed E-state index contributed by atoms with van der Waals surface area (Å²) < 4.78 is 6.56. The number of nitrogens with one attached hydrogen (secondary N) is 4. The molecule has 76 heavy (non-hydrogen) atoms. The van der Waals surface area contributed by atoms with Gasteiger partial charge < -0.3 is 40.5 Å². The van der Waals surface area contributed by atoms with Crippen LogP contribution in [0.15, 0.2) is 109 Å². The minimum atomic E-state index is -1.28. The van der Waals surface area contributed by atoms with Gasteiger partial charge in [0.25, 0.3) is 0 Å². The molecule has 4 N–H and O–H groups in total. The maximum Gasteiger partial charge on any atom is 0.246 e. The fourth-order valence-electron chi connectivity index (χ4n) is 10.3. The van der Waals surface area contributed by atoms with Gasteiger partial charge >= 0.3 is 0 Å². The average molecular weight is 1050 g/mol. The molecule has 2 aromatic heterocycles. The van der Waals surface area contributed by atoms with Crippen LogP contribution in [0.25, 0.3) is 21.8 Å². The number of likely N-dealkylation sites (N-methyl/N-ethyl adjacent to an activating group) is 2. The molecule has 0 spiro atoms. The Kier molecular flexibility index (Phi) is 18.4. The second-order valence-electron chi connectivity index (χ2n) is 21.9. The summed E-state index contributed by atoms with van der Waals surface area (Å²) >= 11 is 1.30. The highest BCUT2D eigenvalue weighted by molar-refractivity contribution is 7.04. The van der Waals surface area contributed by atoms with Crippen molar-refractivity contribution in [2.24, 2.45) is 11.8 Å². The van der Waals surface area contributed by atoms with E-state index in [2.05, 4.69) is 36.8 Å². The molecular weight excluding hydrogens is 979 g/mol. The molecule has 404 valence electrons. The average Bonchev–Trinajstić information content (AvgIpc) is 4.02.